The molecule has 0 fully saturated rings. The van der Waals surface area contributed by atoms with Crippen molar-refractivity contribution in [2.75, 3.05) is 0 Å². The molecule has 0 saturated heterocycles. The first-order valence-electron chi connectivity index (χ1n) is 19.5. The van der Waals surface area contributed by atoms with E-state index in [1.807, 2.05) is 5.92 Å². The second-order valence-corrected chi connectivity index (χ2v) is 9.52. The van der Waals surface area contributed by atoms with Crippen molar-refractivity contribution in [3.63, 3.8) is 0 Å². The van der Waals surface area contributed by atoms with Crippen LogP contribution in [0.3, 0.4) is 0 Å². The molecular weight excluding hydrogens is 1000 g/mol. The monoisotopic (exact) mass is 1000 g/mol. The van der Waals surface area contributed by atoms with Crippen LogP contribution < -0.4 is 0 Å². The molecule has 0 radical (unpaired) electrons. The summed E-state index contributed by atoms with van der Waals surface area (Å²) in [5.74, 6) is 187. The van der Waals surface area contributed by atoms with Crippen LogP contribution in [0.25, 0.3) is 0 Å². The normalized spacial score (nSPS) is 3.86. The maximum atomic E-state index is 8.19. The molecule has 0 heterocycles. The van der Waals surface area contributed by atoms with E-state index in [0.29, 0.717) is 0 Å². The molecule has 80 heavy (non-hydrogen) atoms. The Kier molecular flexibility index (Phi) is 54.3. The van der Waals surface area contributed by atoms with Crippen LogP contribution in [-0.2, 0) is 21.0 Å². The van der Waals surface area contributed by atoms with Crippen molar-refractivity contribution >= 4 is 0 Å². The van der Waals surface area contributed by atoms with Crippen LogP contribution in [0.15, 0.2) is 0 Å². The molecule has 0 saturated carbocycles. The van der Waals surface area contributed by atoms with Crippen molar-refractivity contribution in [2.45, 2.75) is 0 Å². The van der Waals surface area contributed by atoms with Crippen molar-refractivity contribution in [2.24, 2.45) is 0 Å². The summed E-state index contributed by atoms with van der Waals surface area (Å²) in [6.45, 7) is 0. The summed E-state index contributed by atoms with van der Waals surface area (Å²) in [7, 11) is 0. The van der Waals surface area contributed by atoms with Gasteiger partial charge in [-0.25, -0.2) is 5.92 Å². The van der Waals surface area contributed by atoms with Gasteiger partial charge < -0.3 is 6.42 Å². The molecule has 1 nitrogen and oxygen atoms in total. The van der Waals surface area contributed by atoms with Gasteiger partial charge in [0.1, 0.15) is 0 Å². The maximum absolute atomic E-state index is 8.19. The topological polar surface area (TPSA) is 17.1 Å². The van der Waals surface area contributed by atoms with Crippen molar-refractivity contribution < 1.29 is 21.0 Å². The van der Waals surface area contributed by atoms with Gasteiger partial charge in [0.2, 0.25) is 0 Å². The van der Waals surface area contributed by atoms with Crippen molar-refractivity contribution in [3.8, 4) is 456 Å². The molecular formula is C78HOV-. The average Bonchev–Trinajstić information content (AvgIpc) is 3.47. The standard InChI is InChI=1S/C78H.O.V/c1-3-5-7-9-11-13-15-17-19-21-23-25-27-29-31-33-35-37-39-41-43-45-47-49-51-53-55-57-59-61-63-65-67-69-71-73-75-77-78-76-74-72-70-68-66-64-62-60-58-56-54-52-50-48-46-44-42-40-38-36-34-32-30-28-26-24-22-20-18-16-14-12-10-8-6-4-2;;/h1H;;/q-1;;. The summed E-state index contributed by atoms with van der Waals surface area (Å²) >= 11 is 1.06. The van der Waals surface area contributed by atoms with Gasteiger partial charge >= 0.3 is 21.0 Å². The first-order chi connectivity index (χ1) is 39.9. The van der Waals surface area contributed by atoms with Crippen LogP contribution in [-0.4, -0.2) is 0 Å². The zero-order valence-corrected chi connectivity index (χ0v) is 41.3. The fourth-order valence-electron chi connectivity index (χ4n) is 2.32. The van der Waals surface area contributed by atoms with E-state index in [0.717, 1.165) is 17.4 Å². The first kappa shape index (κ1) is 65.3. The molecule has 325 valence electrons. The summed E-state index contributed by atoms with van der Waals surface area (Å²) in [5, 5.41) is 0. The van der Waals surface area contributed by atoms with E-state index in [-0.39, 0.29) is 0 Å². The third kappa shape index (κ3) is 65.5. The summed E-state index contributed by atoms with van der Waals surface area (Å²) in [4.78, 5) is 0. The van der Waals surface area contributed by atoms with Crippen LogP contribution >= 0.6 is 0 Å². The molecule has 2 heteroatoms. The number of hydrogen-bond acceptors (Lipinski definition) is 1. The molecule has 0 rings (SSSR count). The molecule has 0 unspecified atom stereocenters. The van der Waals surface area contributed by atoms with Gasteiger partial charge in [-0.1, -0.05) is 0 Å². The molecule has 0 N–H and O–H groups in total. The van der Waals surface area contributed by atoms with Gasteiger partial charge in [-0.3, -0.25) is 5.92 Å². The van der Waals surface area contributed by atoms with Gasteiger partial charge in [0.15, 0.2) is 0 Å². The molecule has 0 aliphatic heterocycles. The van der Waals surface area contributed by atoms with E-state index < -0.39 is 0 Å². The Labute approximate surface area is 480 Å². The van der Waals surface area contributed by atoms with Crippen LogP contribution in [0.5, 0.6) is 0 Å². The molecule has 0 aromatic rings. The van der Waals surface area contributed by atoms with E-state index in [1.54, 1.807) is 0 Å². The van der Waals surface area contributed by atoms with Crippen LogP contribution in [0.1, 0.15) is 0 Å². The Bertz CT molecular complexity index is 4960. The Balaban J connectivity index is 0. The van der Waals surface area contributed by atoms with Gasteiger partial charge in [-0.2, -0.15) is 0 Å². The fraction of sp³-hybridized carbons (Fsp3) is 0. The molecule has 0 amide bonds. The number of hydrogen-bond donors (Lipinski definition) is 0. The van der Waals surface area contributed by atoms with E-state index >= 15 is 0 Å². The fourth-order valence-corrected chi connectivity index (χ4v) is 2.32. The van der Waals surface area contributed by atoms with E-state index in [2.05, 4.69) is 444 Å². The van der Waals surface area contributed by atoms with Crippen LogP contribution in [0, 0.1) is 463 Å². The summed E-state index contributed by atoms with van der Waals surface area (Å²) < 4.78 is 8.19. The van der Waals surface area contributed by atoms with Gasteiger partial charge in [0.25, 0.3) is 0 Å². The summed E-state index contributed by atoms with van der Waals surface area (Å²) in [6, 6.07) is 0. The second-order valence-electron chi connectivity index (χ2n) is 9.52. The number of rotatable bonds is 0. The predicted octanol–water partition coefficient (Wildman–Crippen LogP) is 0.214. The van der Waals surface area contributed by atoms with Gasteiger partial charge in [-0.15, -0.1) is 12.3 Å². The van der Waals surface area contributed by atoms with Gasteiger partial charge in [0.05, 0.1) is 0 Å². The molecule has 0 bridgehead atoms. The van der Waals surface area contributed by atoms with Crippen molar-refractivity contribution in [3.05, 3.63) is 6.42 Å². The molecule has 0 aliphatic carbocycles. The van der Waals surface area contributed by atoms with E-state index in [9.17, 15) is 0 Å². The summed E-state index contributed by atoms with van der Waals surface area (Å²) in [5.41, 5.74) is 0. The van der Waals surface area contributed by atoms with E-state index in [1.165, 1.54) is 0 Å². The van der Waals surface area contributed by atoms with Crippen LogP contribution in [0.4, 0.5) is 0 Å². The second kappa shape index (κ2) is 66.5. The quantitative estimate of drug-likeness (QED) is 0.251. The minimum atomic E-state index is 1.06. The Hall–Kier alpha value is -16.8. The van der Waals surface area contributed by atoms with Gasteiger partial charge in [0, 0.05) is 337 Å². The molecule has 0 atom stereocenters. The molecule has 0 aromatic carbocycles. The first-order valence-corrected chi connectivity index (χ1v) is 20.0. The molecule has 0 aliphatic rings. The average molecular weight is 1000 g/mol. The zero-order chi connectivity index (χ0) is 57.7. The minimum absolute atomic E-state index is 1.06. The Morgan fingerprint density at radius 3 is 0.263 bits per heavy atom. The third-order valence-electron chi connectivity index (χ3n) is 4.70. The van der Waals surface area contributed by atoms with Crippen LogP contribution in [0.2, 0.25) is 0 Å². The summed E-state index contributed by atoms with van der Waals surface area (Å²) in [6.07, 6.45) is 11.5. The predicted molar refractivity (Wildman–Crippen MR) is 304 cm³/mol. The molecule has 0 spiro atoms. The number of terminal acetylenes is 1. The Morgan fingerprint density at radius 1 is 0.138 bits per heavy atom. The Morgan fingerprint density at radius 2 is 0.200 bits per heavy atom. The van der Waals surface area contributed by atoms with Crippen molar-refractivity contribution in [1.29, 1.82) is 0 Å². The zero-order valence-electron chi connectivity index (χ0n) is 39.9. The van der Waals surface area contributed by atoms with Crippen molar-refractivity contribution in [1.82, 2.24) is 0 Å². The molecule has 0 aromatic heterocycles. The van der Waals surface area contributed by atoms with Gasteiger partial charge in [-0.05, 0) is 94.7 Å². The third-order valence-corrected chi connectivity index (χ3v) is 4.70. The van der Waals surface area contributed by atoms with E-state index in [4.69, 9.17) is 16.5 Å². The SMILES string of the molecule is [C-]#CC#CC#CC#CC#CC#CC#CC#CC#CC#CC#CC#CC#CC#CC#CC#CC#CC#CC#CC#CC#CC#CC#CC#CC#CC#CC#CC#CC#CC#CC#CC#CC#CC#CC#CC#CC#CC#CC#C.[O]=[V].